The molecule has 94 valence electrons. The van der Waals surface area contributed by atoms with Gasteiger partial charge in [-0.1, -0.05) is 29.5 Å². The maximum atomic E-state index is 2.76. The van der Waals surface area contributed by atoms with Crippen LogP contribution >= 0.6 is 22.6 Å². The van der Waals surface area contributed by atoms with Gasteiger partial charge in [0.05, 0.1) is 0 Å². The van der Waals surface area contributed by atoms with Gasteiger partial charge in [0.2, 0.25) is 0 Å². The lowest BCUT2D eigenvalue weighted by atomic mass is 9.93. The van der Waals surface area contributed by atoms with Crippen LogP contribution < -0.4 is 0 Å². The van der Waals surface area contributed by atoms with Crippen LogP contribution in [0.15, 0.2) is 0 Å². The summed E-state index contributed by atoms with van der Waals surface area (Å²) in [4.78, 5) is 5.38. The van der Waals surface area contributed by atoms with Crippen molar-refractivity contribution < 1.29 is 0 Å². The molecule has 0 N–H and O–H groups in total. The van der Waals surface area contributed by atoms with Gasteiger partial charge in [-0.25, -0.2) is 0 Å². The number of alkyl halides is 1. The number of nitrogens with zero attached hydrogens (tertiary/aromatic N) is 2. The monoisotopic (exact) mass is 336 g/mol. The van der Waals surface area contributed by atoms with Crippen molar-refractivity contribution in [2.75, 3.05) is 32.7 Å². The van der Waals surface area contributed by atoms with Crippen LogP contribution in [0.3, 0.4) is 0 Å². The molecule has 0 spiro atoms. The van der Waals surface area contributed by atoms with Gasteiger partial charge in [0.1, 0.15) is 0 Å². The highest BCUT2D eigenvalue weighted by Crippen LogP contribution is 2.28. The summed E-state index contributed by atoms with van der Waals surface area (Å²) in [6.07, 6.45) is 7.09. The Bertz CT molecular complexity index is 194. The second-order valence-corrected chi connectivity index (χ2v) is 7.05. The molecular weight excluding hydrogens is 311 g/mol. The first-order valence-electron chi connectivity index (χ1n) is 6.90. The summed E-state index contributed by atoms with van der Waals surface area (Å²) in [5, 5.41) is 0. The topological polar surface area (TPSA) is 6.48 Å². The van der Waals surface area contributed by atoms with Crippen LogP contribution in [-0.2, 0) is 0 Å². The van der Waals surface area contributed by atoms with Gasteiger partial charge in [-0.05, 0) is 38.6 Å². The summed E-state index contributed by atoms with van der Waals surface area (Å²) in [7, 11) is 0. The SMILES string of the molecule is CCCN1CCN(C2CCC(I)CC2)CC1. The smallest absolute Gasteiger partial charge is 0.0113 e. The molecule has 2 rings (SSSR count). The van der Waals surface area contributed by atoms with Crippen LogP contribution in [0, 0.1) is 0 Å². The first-order chi connectivity index (χ1) is 7.79. The normalized spacial score (nSPS) is 34.1. The Morgan fingerprint density at radius 2 is 1.62 bits per heavy atom. The Morgan fingerprint density at radius 3 is 2.19 bits per heavy atom. The standard InChI is InChI=1S/C13H25IN2/c1-2-7-15-8-10-16(11-9-15)13-5-3-12(14)4-6-13/h12-13H,2-11H2,1H3. The Hall–Kier alpha value is 0.650. The number of piperazine rings is 1. The van der Waals surface area contributed by atoms with E-state index >= 15 is 0 Å². The molecule has 1 heterocycles. The molecule has 1 saturated heterocycles. The summed E-state index contributed by atoms with van der Waals surface area (Å²) < 4.78 is 0.954. The van der Waals surface area contributed by atoms with Crippen molar-refractivity contribution in [2.24, 2.45) is 0 Å². The molecule has 0 amide bonds. The summed E-state index contributed by atoms with van der Waals surface area (Å²) in [5.41, 5.74) is 0. The highest BCUT2D eigenvalue weighted by Gasteiger charge is 2.26. The number of rotatable bonds is 3. The molecule has 0 radical (unpaired) electrons. The van der Waals surface area contributed by atoms with E-state index in [9.17, 15) is 0 Å². The van der Waals surface area contributed by atoms with Crippen LogP contribution in [0.2, 0.25) is 0 Å². The second kappa shape index (κ2) is 6.55. The van der Waals surface area contributed by atoms with Gasteiger partial charge in [-0.3, -0.25) is 4.90 Å². The van der Waals surface area contributed by atoms with Crippen molar-refractivity contribution in [1.29, 1.82) is 0 Å². The van der Waals surface area contributed by atoms with Gasteiger partial charge >= 0.3 is 0 Å². The first kappa shape index (κ1) is 13.1. The fourth-order valence-corrected chi connectivity index (χ4v) is 3.79. The molecule has 2 nitrogen and oxygen atoms in total. The van der Waals surface area contributed by atoms with Crippen LogP contribution in [0.1, 0.15) is 39.0 Å². The van der Waals surface area contributed by atoms with E-state index in [1.54, 1.807) is 0 Å². The van der Waals surface area contributed by atoms with E-state index in [0.29, 0.717) is 0 Å². The van der Waals surface area contributed by atoms with E-state index in [4.69, 9.17) is 0 Å². The van der Waals surface area contributed by atoms with Crippen LogP contribution in [0.25, 0.3) is 0 Å². The Balaban J connectivity index is 1.72. The van der Waals surface area contributed by atoms with E-state index < -0.39 is 0 Å². The van der Waals surface area contributed by atoms with Gasteiger partial charge < -0.3 is 4.90 Å². The molecule has 0 aromatic heterocycles. The van der Waals surface area contributed by atoms with Crippen molar-refractivity contribution in [1.82, 2.24) is 9.80 Å². The highest BCUT2D eigenvalue weighted by molar-refractivity contribution is 14.1. The second-order valence-electron chi connectivity index (χ2n) is 5.28. The largest absolute Gasteiger partial charge is 0.301 e. The van der Waals surface area contributed by atoms with E-state index in [0.717, 1.165) is 9.97 Å². The summed E-state index contributed by atoms with van der Waals surface area (Å²) in [6, 6.07) is 0.912. The maximum absolute atomic E-state index is 2.76. The third kappa shape index (κ3) is 3.57. The Labute approximate surface area is 114 Å². The molecule has 3 heteroatoms. The minimum absolute atomic E-state index is 0.912. The quantitative estimate of drug-likeness (QED) is 0.578. The molecule has 1 aliphatic heterocycles. The molecule has 1 aliphatic carbocycles. The molecular formula is C13H25IN2. The van der Waals surface area contributed by atoms with E-state index in [2.05, 4.69) is 39.3 Å². The van der Waals surface area contributed by atoms with Gasteiger partial charge in [-0.15, -0.1) is 0 Å². The Morgan fingerprint density at radius 1 is 1.00 bits per heavy atom. The third-order valence-electron chi connectivity index (χ3n) is 4.09. The van der Waals surface area contributed by atoms with E-state index in [1.807, 2.05) is 0 Å². The lowest BCUT2D eigenvalue weighted by Crippen LogP contribution is -2.51. The predicted molar refractivity (Wildman–Crippen MR) is 78.4 cm³/mol. The zero-order valence-electron chi connectivity index (χ0n) is 10.5. The Kier molecular flexibility index (Phi) is 5.36. The predicted octanol–water partition coefficient (Wildman–Crippen LogP) is 2.76. The molecule has 2 fully saturated rings. The average molecular weight is 336 g/mol. The number of hydrogen-bond acceptors (Lipinski definition) is 2. The molecule has 0 aromatic carbocycles. The van der Waals surface area contributed by atoms with Crippen LogP contribution in [0.5, 0.6) is 0 Å². The first-order valence-corrected chi connectivity index (χ1v) is 8.14. The zero-order valence-corrected chi connectivity index (χ0v) is 12.7. The molecule has 1 saturated carbocycles. The van der Waals surface area contributed by atoms with Crippen molar-refractivity contribution in [3.63, 3.8) is 0 Å². The molecule has 0 bridgehead atoms. The van der Waals surface area contributed by atoms with E-state index in [-0.39, 0.29) is 0 Å². The molecule has 16 heavy (non-hydrogen) atoms. The minimum Gasteiger partial charge on any atom is -0.301 e. The lowest BCUT2D eigenvalue weighted by molar-refractivity contribution is 0.0804. The van der Waals surface area contributed by atoms with Crippen molar-refractivity contribution >= 4 is 22.6 Å². The van der Waals surface area contributed by atoms with Crippen LogP contribution in [0.4, 0.5) is 0 Å². The molecule has 2 aliphatic rings. The van der Waals surface area contributed by atoms with Crippen molar-refractivity contribution in [3.05, 3.63) is 0 Å². The van der Waals surface area contributed by atoms with Gasteiger partial charge in [0, 0.05) is 36.1 Å². The fraction of sp³-hybridized carbons (Fsp3) is 1.00. The maximum Gasteiger partial charge on any atom is 0.0113 e. The average Bonchev–Trinajstić information content (AvgIpc) is 2.32. The summed E-state index contributed by atoms with van der Waals surface area (Å²) >= 11 is 2.63. The van der Waals surface area contributed by atoms with E-state index in [1.165, 1.54) is 64.8 Å². The summed E-state index contributed by atoms with van der Waals surface area (Å²) in [6.45, 7) is 8.82. The fourth-order valence-electron chi connectivity index (χ4n) is 3.07. The van der Waals surface area contributed by atoms with Gasteiger partial charge in [-0.2, -0.15) is 0 Å². The number of halogens is 1. The van der Waals surface area contributed by atoms with Crippen LogP contribution in [-0.4, -0.2) is 52.5 Å². The van der Waals surface area contributed by atoms with Crippen molar-refractivity contribution in [3.8, 4) is 0 Å². The summed E-state index contributed by atoms with van der Waals surface area (Å²) in [5.74, 6) is 0. The number of hydrogen-bond donors (Lipinski definition) is 0. The minimum atomic E-state index is 0.912. The molecule has 0 unspecified atom stereocenters. The van der Waals surface area contributed by atoms with Gasteiger partial charge in [0.25, 0.3) is 0 Å². The lowest BCUT2D eigenvalue weighted by Gasteiger charge is -2.41. The molecule has 0 atom stereocenters. The van der Waals surface area contributed by atoms with Gasteiger partial charge in [0.15, 0.2) is 0 Å². The van der Waals surface area contributed by atoms with Crippen molar-refractivity contribution in [2.45, 2.75) is 49.0 Å². The zero-order chi connectivity index (χ0) is 11.4. The third-order valence-corrected chi connectivity index (χ3v) is 5.33. The highest BCUT2D eigenvalue weighted by atomic mass is 127. The molecule has 0 aromatic rings.